The summed E-state index contributed by atoms with van der Waals surface area (Å²) in [5.74, 6) is -1.43. The van der Waals surface area contributed by atoms with E-state index in [0.717, 1.165) is 0 Å². The van der Waals surface area contributed by atoms with Crippen LogP contribution in [-0.2, 0) is 0 Å². The van der Waals surface area contributed by atoms with E-state index >= 15 is 0 Å². The monoisotopic (exact) mass is 153 g/mol. The van der Waals surface area contributed by atoms with Gasteiger partial charge < -0.3 is 5.73 Å². The predicted octanol–water partition coefficient (Wildman–Crippen LogP) is 1.70. The van der Waals surface area contributed by atoms with Crippen LogP contribution in [0.15, 0.2) is 12.7 Å². The van der Waals surface area contributed by atoms with Crippen molar-refractivity contribution in [2.24, 2.45) is 11.7 Å². The molecule has 0 saturated carbocycles. The standard InChI is InChI=1S/C6H10F3N/c1-2-3-5(4-10)6(7,8)9/h2,5H,1,3-4,10H2. The average Bonchev–Trinajstić information content (AvgIpc) is 1.80. The predicted molar refractivity (Wildman–Crippen MR) is 33.4 cm³/mol. The minimum absolute atomic E-state index is 0.0972. The molecule has 0 spiro atoms. The summed E-state index contributed by atoms with van der Waals surface area (Å²) in [5, 5.41) is 0. The highest BCUT2D eigenvalue weighted by Gasteiger charge is 2.37. The largest absolute Gasteiger partial charge is 0.393 e. The number of hydrogen-bond donors (Lipinski definition) is 1. The van der Waals surface area contributed by atoms with Crippen LogP contribution in [0.2, 0.25) is 0 Å². The van der Waals surface area contributed by atoms with Crippen LogP contribution in [-0.4, -0.2) is 12.7 Å². The van der Waals surface area contributed by atoms with Crippen LogP contribution < -0.4 is 5.73 Å². The lowest BCUT2D eigenvalue weighted by Crippen LogP contribution is -2.29. The van der Waals surface area contributed by atoms with Crippen LogP contribution >= 0.6 is 0 Å². The van der Waals surface area contributed by atoms with E-state index in [2.05, 4.69) is 6.58 Å². The molecule has 0 rings (SSSR count). The van der Waals surface area contributed by atoms with Crippen molar-refractivity contribution in [1.82, 2.24) is 0 Å². The van der Waals surface area contributed by atoms with Crippen LogP contribution in [0.4, 0.5) is 13.2 Å². The van der Waals surface area contributed by atoms with Crippen LogP contribution in [0.3, 0.4) is 0 Å². The second-order valence-corrected chi connectivity index (χ2v) is 2.00. The van der Waals surface area contributed by atoms with E-state index in [0.29, 0.717) is 0 Å². The highest BCUT2D eigenvalue weighted by atomic mass is 19.4. The minimum atomic E-state index is -4.18. The molecule has 0 aliphatic rings. The van der Waals surface area contributed by atoms with Crippen molar-refractivity contribution in [1.29, 1.82) is 0 Å². The van der Waals surface area contributed by atoms with Crippen molar-refractivity contribution in [3.8, 4) is 0 Å². The Morgan fingerprint density at radius 3 is 2.10 bits per heavy atom. The minimum Gasteiger partial charge on any atom is -0.330 e. The van der Waals surface area contributed by atoms with Gasteiger partial charge in [0.05, 0.1) is 5.92 Å². The summed E-state index contributed by atoms with van der Waals surface area (Å²) in [6.45, 7) is 2.84. The average molecular weight is 153 g/mol. The van der Waals surface area contributed by atoms with E-state index in [1.165, 1.54) is 6.08 Å². The molecule has 10 heavy (non-hydrogen) atoms. The van der Waals surface area contributed by atoms with Gasteiger partial charge in [0.1, 0.15) is 0 Å². The van der Waals surface area contributed by atoms with Gasteiger partial charge >= 0.3 is 6.18 Å². The first-order valence-electron chi connectivity index (χ1n) is 2.90. The Morgan fingerprint density at radius 2 is 2.00 bits per heavy atom. The van der Waals surface area contributed by atoms with Crippen LogP contribution in [0.5, 0.6) is 0 Å². The second-order valence-electron chi connectivity index (χ2n) is 2.00. The fourth-order valence-electron chi connectivity index (χ4n) is 0.565. The highest BCUT2D eigenvalue weighted by Crippen LogP contribution is 2.27. The van der Waals surface area contributed by atoms with Gasteiger partial charge in [-0.2, -0.15) is 13.2 Å². The summed E-state index contributed by atoms with van der Waals surface area (Å²) in [5.41, 5.74) is 4.88. The summed E-state index contributed by atoms with van der Waals surface area (Å²) >= 11 is 0. The van der Waals surface area contributed by atoms with Crippen molar-refractivity contribution >= 4 is 0 Å². The molecule has 0 amide bonds. The van der Waals surface area contributed by atoms with E-state index in [4.69, 9.17) is 5.73 Å². The normalized spacial score (nSPS) is 14.8. The molecule has 1 unspecified atom stereocenters. The molecule has 0 aliphatic carbocycles. The van der Waals surface area contributed by atoms with Gasteiger partial charge in [-0.15, -0.1) is 6.58 Å². The summed E-state index contributed by atoms with van der Waals surface area (Å²) in [6, 6.07) is 0. The molecule has 0 radical (unpaired) electrons. The van der Waals surface area contributed by atoms with Crippen molar-refractivity contribution < 1.29 is 13.2 Å². The molecule has 0 heterocycles. The van der Waals surface area contributed by atoms with Crippen LogP contribution in [0.25, 0.3) is 0 Å². The van der Waals surface area contributed by atoms with Gasteiger partial charge in [0, 0.05) is 6.54 Å². The first-order chi connectivity index (χ1) is 4.52. The smallest absolute Gasteiger partial charge is 0.330 e. The maximum Gasteiger partial charge on any atom is 0.393 e. The number of halogens is 3. The molecule has 0 aliphatic heterocycles. The molecule has 1 nitrogen and oxygen atoms in total. The lowest BCUT2D eigenvalue weighted by atomic mass is 10.1. The Hall–Kier alpha value is -0.510. The molecule has 0 saturated heterocycles. The lowest BCUT2D eigenvalue weighted by molar-refractivity contribution is -0.170. The Morgan fingerprint density at radius 1 is 1.50 bits per heavy atom. The quantitative estimate of drug-likeness (QED) is 0.613. The molecule has 0 fully saturated rings. The molecule has 4 heteroatoms. The van der Waals surface area contributed by atoms with E-state index in [1.807, 2.05) is 0 Å². The third-order valence-electron chi connectivity index (χ3n) is 1.20. The van der Waals surface area contributed by atoms with E-state index in [1.54, 1.807) is 0 Å². The summed E-state index contributed by atoms with van der Waals surface area (Å²) in [4.78, 5) is 0. The van der Waals surface area contributed by atoms with Gasteiger partial charge in [0.15, 0.2) is 0 Å². The maximum absolute atomic E-state index is 11.8. The second kappa shape index (κ2) is 3.61. The number of hydrogen-bond acceptors (Lipinski definition) is 1. The zero-order valence-electron chi connectivity index (χ0n) is 5.49. The van der Waals surface area contributed by atoms with Gasteiger partial charge in [-0.05, 0) is 6.42 Å². The third kappa shape index (κ3) is 2.87. The number of alkyl halides is 3. The number of nitrogens with two attached hydrogens (primary N) is 1. The zero-order valence-corrected chi connectivity index (χ0v) is 5.49. The molecule has 0 aromatic heterocycles. The maximum atomic E-state index is 11.8. The summed E-state index contributed by atoms with van der Waals surface area (Å²) < 4.78 is 35.3. The summed E-state index contributed by atoms with van der Waals surface area (Å²) in [6.07, 6.45) is -3.05. The van der Waals surface area contributed by atoms with Gasteiger partial charge in [-0.3, -0.25) is 0 Å². The van der Waals surface area contributed by atoms with Crippen LogP contribution in [0, 0.1) is 5.92 Å². The zero-order chi connectivity index (χ0) is 8.20. The van der Waals surface area contributed by atoms with Gasteiger partial charge in [0.2, 0.25) is 0 Å². The molecule has 0 aromatic rings. The Balaban J connectivity index is 3.92. The van der Waals surface area contributed by atoms with Crippen molar-refractivity contribution in [3.63, 3.8) is 0 Å². The topological polar surface area (TPSA) is 26.0 Å². The molecular weight excluding hydrogens is 143 g/mol. The fraction of sp³-hybridized carbons (Fsp3) is 0.667. The van der Waals surface area contributed by atoms with Gasteiger partial charge in [-0.25, -0.2) is 0 Å². The van der Waals surface area contributed by atoms with E-state index < -0.39 is 12.1 Å². The SMILES string of the molecule is C=CCC(CN)C(F)(F)F. The fourth-order valence-corrected chi connectivity index (χ4v) is 0.565. The first kappa shape index (κ1) is 9.49. The summed E-state index contributed by atoms with van der Waals surface area (Å²) in [7, 11) is 0. The van der Waals surface area contributed by atoms with E-state index in [-0.39, 0.29) is 13.0 Å². The van der Waals surface area contributed by atoms with Crippen molar-refractivity contribution in [2.75, 3.05) is 6.54 Å². The van der Waals surface area contributed by atoms with Gasteiger partial charge in [-0.1, -0.05) is 6.08 Å². The number of rotatable bonds is 3. The first-order valence-corrected chi connectivity index (χ1v) is 2.90. The molecular formula is C6H10F3N. The van der Waals surface area contributed by atoms with Crippen molar-refractivity contribution in [3.05, 3.63) is 12.7 Å². The third-order valence-corrected chi connectivity index (χ3v) is 1.20. The lowest BCUT2D eigenvalue weighted by Gasteiger charge is -2.15. The Labute approximate surface area is 57.7 Å². The molecule has 60 valence electrons. The number of allylic oxidation sites excluding steroid dienone is 1. The molecule has 1 atom stereocenters. The van der Waals surface area contributed by atoms with Gasteiger partial charge in [0.25, 0.3) is 0 Å². The Kier molecular flexibility index (Phi) is 3.42. The van der Waals surface area contributed by atoms with Crippen molar-refractivity contribution in [2.45, 2.75) is 12.6 Å². The molecule has 2 N–H and O–H groups in total. The molecule has 0 bridgehead atoms. The highest BCUT2D eigenvalue weighted by molar-refractivity contribution is 4.78. The molecule has 0 aromatic carbocycles. The Bertz CT molecular complexity index is 108. The van der Waals surface area contributed by atoms with E-state index in [9.17, 15) is 13.2 Å². The van der Waals surface area contributed by atoms with Crippen LogP contribution in [0.1, 0.15) is 6.42 Å².